The number of nitrogens with two attached hydrogens (primary N) is 1. The van der Waals surface area contributed by atoms with Crippen LogP contribution in [-0.4, -0.2) is 38.1 Å². The maximum Gasteiger partial charge on any atom is 0.0368 e. The van der Waals surface area contributed by atoms with Crippen molar-refractivity contribution in [2.24, 2.45) is 0 Å². The van der Waals surface area contributed by atoms with E-state index in [2.05, 4.69) is 36.0 Å². The van der Waals surface area contributed by atoms with Crippen LogP contribution in [0.5, 0.6) is 0 Å². The van der Waals surface area contributed by atoms with Gasteiger partial charge in [-0.3, -0.25) is 0 Å². The molecule has 0 spiro atoms. The molecule has 0 bridgehead atoms. The summed E-state index contributed by atoms with van der Waals surface area (Å²) in [5.74, 6) is 0. The maximum absolute atomic E-state index is 5.67. The molecule has 0 radical (unpaired) electrons. The molecule has 1 atom stereocenters. The SMILES string of the molecule is CN(C)[C@H]1CCN(c2ccc(N)cc2)C1. The highest BCUT2D eigenvalue weighted by Gasteiger charge is 2.23. The molecule has 1 fully saturated rings. The van der Waals surface area contributed by atoms with Gasteiger partial charge in [-0.2, -0.15) is 0 Å². The van der Waals surface area contributed by atoms with Crippen LogP contribution < -0.4 is 10.6 Å². The van der Waals surface area contributed by atoms with Gasteiger partial charge in [-0.25, -0.2) is 0 Å². The fourth-order valence-corrected chi connectivity index (χ4v) is 2.08. The van der Waals surface area contributed by atoms with Gasteiger partial charge in [-0.15, -0.1) is 0 Å². The summed E-state index contributed by atoms with van der Waals surface area (Å²) < 4.78 is 0. The highest BCUT2D eigenvalue weighted by atomic mass is 15.2. The molecule has 2 rings (SSSR count). The molecule has 1 saturated heterocycles. The van der Waals surface area contributed by atoms with Crippen LogP contribution in [0.3, 0.4) is 0 Å². The van der Waals surface area contributed by atoms with Crippen molar-refractivity contribution in [3.63, 3.8) is 0 Å². The number of benzene rings is 1. The average Bonchev–Trinajstić information content (AvgIpc) is 2.68. The lowest BCUT2D eigenvalue weighted by Gasteiger charge is -2.21. The summed E-state index contributed by atoms with van der Waals surface area (Å²) in [6.45, 7) is 2.27. The summed E-state index contributed by atoms with van der Waals surface area (Å²) in [4.78, 5) is 4.72. The maximum atomic E-state index is 5.67. The number of anilines is 2. The lowest BCUT2D eigenvalue weighted by Crippen LogP contribution is -2.31. The van der Waals surface area contributed by atoms with E-state index < -0.39 is 0 Å². The van der Waals surface area contributed by atoms with Crippen molar-refractivity contribution in [1.29, 1.82) is 0 Å². The minimum absolute atomic E-state index is 0.683. The summed E-state index contributed by atoms with van der Waals surface area (Å²) in [5, 5.41) is 0. The Bertz CT molecular complexity index is 318. The van der Waals surface area contributed by atoms with Crippen molar-refractivity contribution in [1.82, 2.24) is 4.90 Å². The Morgan fingerprint density at radius 3 is 2.47 bits per heavy atom. The summed E-state index contributed by atoms with van der Waals surface area (Å²) >= 11 is 0. The molecule has 0 unspecified atom stereocenters. The first-order valence-electron chi connectivity index (χ1n) is 5.44. The predicted octanol–water partition coefficient (Wildman–Crippen LogP) is 1.41. The minimum atomic E-state index is 0.683. The minimum Gasteiger partial charge on any atom is -0.399 e. The van der Waals surface area contributed by atoms with Crippen molar-refractivity contribution in [3.8, 4) is 0 Å². The zero-order chi connectivity index (χ0) is 10.8. The van der Waals surface area contributed by atoms with E-state index >= 15 is 0 Å². The number of hydrogen-bond donors (Lipinski definition) is 1. The third-order valence-electron chi connectivity index (χ3n) is 3.15. The lowest BCUT2D eigenvalue weighted by molar-refractivity contribution is 0.315. The molecule has 82 valence electrons. The van der Waals surface area contributed by atoms with Gasteiger partial charge in [0, 0.05) is 30.5 Å². The Morgan fingerprint density at radius 2 is 1.93 bits per heavy atom. The molecule has 3 nitrogen and oxygen atoms in total. The fourth-order valence-electron chi connectivity index (χ4n) is 2.08. The first-order valence-corrected chi connectivity index (χ1v) is 5.44. The van der Waals surface area contributed by atoms with Crippen molar-refractivity contribution in [2.75, 3.05) is 37.8 Å². The third-order valence-corrected chi connectivity index (χ3v) is 3.15. The Balaban J connectivity index is 2.04. The Labute approximate surface area is 91.5 Å². The lowest BCUT2D eigenvalue weighted by atomic mass is 10.2. The van der Waals surface area contributed by atoms with E-state index in [1.165, 1.54) is 12.1 Å². The average molecular weight is 205 g/mol. The molecule has 1 aliphatic heterocycles. The molecule has 15 heavy (non-hydrogen) atoms. The number of nitrogens with zero attached hydrogens (tertiary/aromatic N) is 2. The van der Waals surface area contributed by atoms with E-state index in [-0.39, 0.29) is 0 Å². The van der Waals surface area contributed by atoms with E-state index in [1.54, 1.807) is 0 Å². The largest absolute Gasteiger partial charge is 0.399 e. The Morgan fingerprint density at radius 1 is 1.27 bits per heavy atom. The third kappa shape index (κ3) is 2.23. The van der Waals surface area contributed by atoms with Crippen LogP contribution in [0.25, 0.3) is 0 Å². The molecular weight excluding hydrogens is 186 g/mol. The van der Waals surface area contributed by atoms with Gasteiger partial charge in [-0.05, 0) is 44.8 Å². The van der Waals surface area contributed by atoms with Gasteiger partial charge in [0.05, 0.1) is 0 Å². The van der Waals surface area contributed by atoms with Gasteiger partial charge in [0.1, 0.15) is 0 Å². The van der Waals surface area contributed by atoms with Gasteiger partial charge in [-0.1, -0.05) is 0 Å². The highest BCUT2D eigenvalue weighted by molar-refractivity contribution is 5.53. The molecule has 1 heterocycles. The molecule has 1 aliphatic rings. The Hall–Kier alpha value is -1.22. The molecule has 0 aromatic heterocycles. The van der Waals surface area contributed by atoms with E-state index in [0.29, 0.717) is 6.04 Å². The number of likely N-dealkylation sites (N-methyl/N-ethyl adjacent to an activating group) is 1. The quantitative estimate of drug-likeness (QED) is 0.741. The first-order chi connectivity index (χ1) is 7.16. The van der Waals surface area contributed by atoms with Gasteiger partial charge >= 0.3 is 0 Å². The second-order valence-electron chi connectivity index (χ2n) is 4.44. The normalized spacial score (nSPS) is 21.3. The van der Waals surface area contributed by atoms with Gasteiger partial charge < -0.3 is 15.5 Å². The second-order valence-corrected chi connectivity index (χ2v) is 4.44. The van der Waals surface area contributed by atoms with Crippen LogP contribution in [0, 0.1) is 0 Å². The summed E-state index contributed by atoms with van der Waals surface area (Å²) in [6, 6.07) is 8.83. The van der Waals surface area contributed by atoms with Crippen LogP contribution in [-0.2, 0) is 0 Å². The summed E-state index contributed by atoms with van der Waals surface area (Å²) in [5.41, 5.74) is 7.80. The van der Waals surface area contributed by atoms with E-state index in [9.17, 15) is 0 Å². The highest BCUT2D eigenvalue weighted by Crippen LogP contribution is 2.22. The van der Waals surface area contributed by atoms with Crippen LogP contribution in [0.15, 0.2) is 24.3 Å². The van der Waals surface area contributed by atoms with E-state index in [1.807, 2.05) is 12.1 Å². The number of rotatable bonds is 2. The molecule has 0 amide bonds. The zero-order valence-electron chi connectivity index (χ0n) is 9.48. The molecule has 3 heteroatoms. The van der Waals surface area contributed by atoms with Crippen LogP contribution >= 0.6 is 0 Å². The van der Waals surface area contributed by atoms with Crippen molar-refractivity contribution < 1.29 is 0 Å². The predicted molar refractivity (Wildman–Crippen MR) is 65.2 cm³/mol. The second kappa shape index (κ2) is 4.11. The first kappa shape index (κ1) is 10.3. The topological polar surface area (TPSA) is 32.5 Å². The monoisotopic (exact) mass is 205 g/mol. The molecular formula is C12H19N3. The molecule has 0 saturated carbocycles. The molecule has 1 aromatic rings. The van der Waals surface area contributed by atoms with Crippen LogP contribution in [0.4, 0.5) is 11.4 Å². The van der Waals surface area contributed by atoms with Crippen LogP contribution in [0.2, 0.25) is 0 Å². The van der Waals surface area contributed by atoms with E-state index in [0.717, 1.165) is 18.8 Å². The Kier molecular flexibility index (Phi) is 2.82. The molecule has 0 aliphatic carbocycles. The van der Waals surface area contributed by atoms with Crippen molar-refractivity contribution in [2.45, 2.75) is 12.5 Å². The molecule has 2 N–H and O–H groups in total. The smallest absolute Gasteiger partial charge is 0.0368 e. The molecule has 1 aromatic carbocycles. The van der Waals surface area contributed by atoms with Gasteiger partial charge in [0.2, 0.25) is 0 Å². The number of hydrogen-bond acceptors (Lipinski definition) is 3. The summed E-state index contributed by atoms with van der Waals surface area (Å²) in [7, 11) is 4.30. The van der Waals surface area contributed by atoms with Crippen LogP contribution in [0.1, 0.15) is 6.42 Å². The summed E-state index contributed by atoms with van der Waals surface area (Å²) in [6.07, 6.45) is 1.25. The number of nitrogen functional groups attached to an aromatic ring is 1. The standard InChI is InChI=1S/C12H19N3/c1-14(2)12-7-8-15(9-12)11-5-3-10(13)4-6-11/h3-6,12H,7-9,13H2,1-2H3/t12-/m0/s1. The van der Waals surface area contributed by atoms with Crippen molar-refractivity contribution in [3.05, 3.63) is 24.3 Å². The fraction of sp³-hybridized carbons (Fsp3) is 0.500. The van der Waals surface area contributed by atoms with Gasteiger partial charge in [0.25, 0.3) is 0 Å². The van der Waals surface area contributed by atoms with Gasteiger partial charge in [0.15, 0.2) is 0 Å². The van der Waals surface area contributed by atoms with Crippen molar-refractivity contribution >= 4 is 11.4 Å². The van der Waals surface area contributed by atoms with E-state index in [4.69, 9.17) is 5.73 Å². The zero-order valence-corrected chi connectivity index (χ0v) is 9.48.